The predicted octanol–water partition coefficient (Wildman–Crippen LogP) is 1.15. The first-order valence-corrected chi connectivity index (χ1v) is 6.57. The van der Waals surface area contributed by atoms with Crippen molar-refractivity contribution in [1.82, 2.24) is 20.3 Å². The summed E-state index contributed by atoms with van der Waals surface area (Å²) >= 11 is 0. The van der Waals surface area contributed by atoms with Crippen LogP contribution in [0.25, 0.3) is 11.0 Å². The van der Waals surface area contributed by atoms with E-state index in [2.05, 4.69) is 38.2 Å². The van der Waals surface area contributed by atoms with Gasteiger partial charge in [0, 0.05) is 31.4 Å². The Kier molecular flexibility index (Phi) is 1.97. The highest BCUT2D eigenvalue weighted by Crippen LogP contribution is 2.37. The van der Waals surface area contributed by atoms with E-state index in [-0.39, 0.29) is 0 Å². The fourth-order valence-corrected chi connectivity index (χ4v) is 3.27. The molecule has 0 amide bonds. The van der Waals surface area contributed by atoms with E-state index in [4.69, 9.17) is 0 Å². The molecule has 2 saturated heterocycles. The summed E-state index contributed by atoms with van der Waals surface area (Å²) in [7, 11) is 0. The number of hydrogen-bond donors (Lipinski definition) is 2. The van der Waals surface area contributed by atoms with E-state index in [1.54, 1.807) is 6.33 Å². The van der Waals surface area contributed by atoms with Crippen molar-refractivity contribution in [3.8, 4) is 0 Å². The zero-order valence-electron chi connectivity index (χ0n) is 10.5. The van der Waals surface area contributed by atoms with E-state index in [1.807, 2.05) is 6.20 Å². The van der Waals surface area contributed by atoms with Gasteiger partial charge in [0.2, 0.25) is 0 Å². The second-order valence-corrected chi connectivity index (χ2v) is 5.55. The van der Waals surface area contributed by atoms with E-state index in [0.29, 0.717) is 5.54 Å². The van der Waals surface area contributed by atoms with Crippen LogP contribution in [0.2, 0.25) is 0 Å². The molecule has 4 heterocycles. The number of hydrogen-bond acceptors (Lipinski definition) is 4. The van der Waals surface area contributed by atoms with E-state index < -0.39 is 0 Å². The maximum atomic E-state index is 4.48. The van der Waals surface area contributed by atoms with E-state index >= 15 is 0 Å². The van der Waals surface area contributed by atoms with E-state index in [1.165, 1.54) is 6.42 Å². The number of rotatable bonds is 1. The van der Waals surface area contributed by atoms with Gasteiger partial charge in [-0.3, -0.25) is 0 Å². The lowest BCUT2D eigenvalue weighted by atomic mass is 9.77. The lowest BCUT2D eigenvalue weighted by molar-refractivity contribution is 0.138. The molecule has 0 aromatic carbocycles. The van der Waals surface area contributed by atoms with Gasteiger partial charge in [-0.25, -0.2) is 9.97 Å². The minimum absolute atomic E-state index is 0.327. The number of H-pyrrole nitrogens is 1. The van der Waals surface area contributed by atoms with Gasteiger partial charge in [0.15, 0.2) is 0 Å². The van der Waals surface area contributed by atoms with Gasteiger partial charge >= 0.3 is 0 Å². The standard InChI is InChI=1S/C13H17N5/c1-9-6-17-13(9)3-5-18(7-13)12-10-2-4-14-11(10)15-8-16-12/h2,4,8-9,17H,3,5-7H2,1H3,(H,14,15,16)/t9-,13-/m1/s1. The molecule has 0 bridgehead atoms. The number of nitrogens with zero attached hydrogens (tertiary/aromatic N) is 3. The summed E-state index contributed by atoms with van der Waals surface area (Å²) in [5.74, 6) is 1.84. The smallest absolute Gasteiger partial charge is 0.142 e. The lowest BCUT2D eigenvalue weighted by Gasteiger charge is -2.46. The second kappa shape index (κ2) is 3.45. The Balaban J connectivity index is 1.70. The third kappa shape index (κ3) is 1.25. The third-order valence-electron chi connectivity index (χ3n) is 4.64. The number of anilines is 1. The first kappa shape index (κ1) is 10.3. The molecule has 18 heavy (non-hydrogen) atoms. The van der Waals surface area contributed by atoms with Crippen LogP contribution in [0.1, 0.15) is 13.3 Å². The quantitative estimate of drug-likeness (QED) is 0.789. The first-order valence-electron chi connectivity index (χ1n) is 6.57. The van der Waals surface area contributed by atoms with Crippen LogP contribution in [0, 0.1) is 5.92 Å². The van der Waals surface area contributed by atoms with E-state index in [9.17, 15) is 0 Å². The Morgan fingerprint density at radius 3 is 3.11 bits per heavy atom. The highest BCUT2D eigenvalue weighted by atomic mass is 15.3. The minimum atomic E-state index is 0.327. The third-order valence-corrected chi connectivity index (χ3v) is 4.64. The van der Waals surface area contributed by atoms with Crippen LogP contribution in [0.5, 0.6) is 0 Å². The summed E-state index contributed by atoms with van der Waals surface area (Å²) in [6.07, 6.45) is 4.79. The average Bonchev–Trinajstić information content (AvgIpc) is 3.04. The molecule has 5 heteroatoms. The molecule has 2 aromatic heterocycles. The molecule has 2 aromatic rings. The maximum absolute atomic E-state index is 4.48. The zero-order valence-corrected chi connectivity index (χ0v) is 10.5. The molecule has 4 rings (SSSR count). The van der Waals surface area contributed by atoms with Gasteiger partial charge in [-0.1, -0.05) is 6.92 Å². The Labute approximate surface area is 106 Å². The first-order chi connectivity index (χ1) is 8.78. The van der Waals surface area contributed by atoms with Crippen molar-refractivity contribution < 1.29 is 0 Å². The largest absolute Gasteiger partial charge is 0.354 e. The van der Waals surface area contributed by atoms with Crippen LogP contribution in [-0.4, -0.2) is 40.1 Å². The highest BCUT2D eigenvalue weighted by molar-refractivity contribution is 5.87. The molecular weight excluding hydrogens is 226 g/mol. The molecule has 2 atom stereocenters. The van der Waals surface area contributed by atoms with Gasteiger partial charge in [-0.2, -0.15) is 0 Å². The Hall–Kier alpha value is -1.62. The zero-order chi connectivity index (χ0) is 12.2. The van der Waals surface area contributed by atoms with Crippen molar-refractivity contribution in [2.24, 2.45) is 5.92 Å². The molecule has 2 aliphatic heterocycles. The van der Waals surface area contributed by atoms with Gasteiger partial charge in [0.25, 0.3) is 0 Å². The fourth-order valence-electron chi connectivity index (χ4n) is 3.27. The normalized spacial score (nSPS) is 31.2. The summed E-state index contributed by atoms with van der Waals surface area (Å²) < 4.78 is 0. The van der Waals surface area contributed by atoms with Crippen molar-refractivity contribution in [3.05, 3.63) is 18.6 Å². The summed E-state index contributed by atoms with van der Waals surface area (Å²) in [6, 6.07) is 2.06. The van der Waals surface area contributed by atoms with Crippen LogP contribution < -0.4 is 10.2 Å². The molecule has 0 radical (unpaired) electrons. The summed E-state index contributed by atoms with van der Waals surface area (Å²) in [5, 5.41) is 4.75. The summed E-state index contributed by atoms with van der Waals surface area (Å²) in [5.41, 5.74) is 1.25. The van der Waals surface area contributed by atoms with Gasteiger partial charge in [0.1, 0.15) is 17.8 Å². The second-order valence-electron chi connectivity index (χ2n) is 5.55. The molecule has 94 valence electrons. The SMILES string of the molecule is C[C@@H]1CN[C@@]12CCN(c1ncnc3[nH]ccc13)C2. The average molecular weight is 243 g/mol. The molecule has 2 fully saturated rings. The molecule has 0 unspecified atom stereocenters. The molecule has 1 spiro atoms. The number of fused-ring (bicyclic) bond motifs is 1. The summed E-state index contributed by atoms with van der Waals surface area (Å²) in [4.78, 5) is 14.3. The predicted molar refractivity (Wildman–Crippen MR) is 70.6 cm³/mol. The van der Waals surface area contributed by atoms with Crippen LogP contribution in [-0.2, 0) is 0 Å². The number of nitrogens with one attached hydrogen (secondary N) is 2. The fraction of sp³-hybridized carbons (Fsp3) is 0.538. The molecular formula is C13H17N5. The van der Waals surface area contributed by atoms with Crippen LogP contribution in [0.15, 0.2) is 18.6 Å². The van der Waals surface area contributed by atoms with Crippen molar-refractivity contribution in [3.63, 3.8) is 0 Å². The highest BCUT2D eigenvalue weighted by Gasteiger charge is 2.48. The van der Waals surface area contributed by atoms with Gasteiger partial charge < -0.3 is 15.2 Å². The molecule has 5 nitrogen and oxygen atoms in total. The van der Waals surface area contributed by atoms with Gasteiger partial charge in [-0.05, 0) is 18.4 Å². The lowest BCUT2D eigenvalue weighted by Crippen LogP contribution is -2.65. The maximum Gasteiger partial charge on any atom is 0.142 e. The van der Waals surface area contributed by atoms with Gasteiger partial charge in [-0.15, -0.1) is 0 Å². The van der Waals surface area contributed by atoms with Crippen LogP contribution in [0.3, 0.4) is 0 Å². The number of aromatic nitrogens is 3. The van der Waals surface area contributed by atoms with Crippen LogP contribution >= 0.6 is 0 Å². The molecule has 2 N–H and O–H groups in total. The van der Waals surface area contributed by atoms with Crippen molar-refractivity contribution in [2.45, 2.75) is 18.9 Å². The van der Waals surface area contributed by atoms with Gasteiger partial charge in [0.05, 0.1) is 5.39 Å². The molecule has 0 aliphatic carbocycles. The minimum Gasteiger partial charge on any atom is -0.354 e. The summed E-state index contributed by atoms with van der Waals surface area (Å²) in [6.45, 7) is 5.63. The Bertz CT molecular complexity index is 592. The topological polar surface area (TPSA) is 56.8 Å². The number of aromatic amines is 1. The molecule has 2 aliphatic rings. The van der Waals surface area contributed by atoms with E-state index in [0.717, 1.165) is 42.4 Å². The van der Waals surface area contributed by atoms with Crippen molar-refractivity contribution in [2.75, 3.05) is 24.5 Å². The van der Waals surface area contributed by atoms with Crippen LogP contribution in [0.4, 0.5) is 5.82 Å². The van der Waals surface area contributed by atoms with Crippen molar-refractivity contribution in [1.29, 1.82) is 0 Å². The Morgan fingerprint density at radius 1 is 1.44 bits per heavy atom. The van der Waals surface area contributed by atoms with Crippen molar-refractivity contribution >= 4 is 16.9 Å². The Morgan fingerprint density at radius 2 is 2.39 bits per heavy atom. The molecule has 0 saturated carbocycles. The monoisotopic (exact) mass is 243 g/mol.